The molecule has 0 aromatic carbocycles. The third-order valence-electron chi connectivity index (χ3n) is 0.935. The van der Waals surface area contributed by atoms with Gasteiger partial charge in [-0.1, -0.05) is 0 Å². The molecule has 0 fully saturated rings. The molecule has 4 heteroatoms. The molecule has 3 nitrogen and oxygen atoms in total. The van der Waals surface area contributed by atoms with Gasteiger partial charge in [-0.15, -0.1) is 11.6 Å². The van der Waals surface area contributed by atoms with Crippen molar-refractivity contribution in [2.75, 3.05) is 0 Å². The number of halogens is 1. The third kappa shape index (κ3) is 5.04. The highest BCUT2D eigenvalue weighted by Gasteiger charge is 2.13. The first kappa shape index (κ1) is 10.7. The number of hydrogen-bond acceptors (Lipinski definition) is 3. The van der Waals surface area contributed by atoms with E-state index in [4.69, 9.17) is 21.1 Å². The van der Waals surface area contributed by atoms with Crippen molar-refractivity contribution in [1.29, 1.82) is 0 Å². The molecule has 0 saturated carbocycles. The van der Waals surface area contributed by atoms with Gasteiger partial charge in [0.25, 0.3) is 0 Å². The van der Waals surface area contributed by atoms with Crippen LogP contribution in [0.3, 0.4) is 0 Å². The Balaban J connectivity index is 3.57. The van der Waals surface area contributed by atoms with Gasteiger partial charge in [0.2, 0.25) is 6.29 Å². The molecule has 0 rings (SSSR count). The van der Waals surface area contributed by atoms with Gasteiger partial charge in [0.15, 0.2) is 0 Å². The second-order valence-corrected chi connectivity index (χ2v) is 2.65. The largest absolute Gasteiger partial charge is 0.435 e. The van der Waals surface area contributed by atoms with Gasteiger partial charge in [-0.25, -0.2) is 0 Å². The Bertz CT molecular complexity index is 125. The predicted molar refractivity (Wildman–Crippen MR) is 41.9 cm³/mol. The maximum absolute atomic E-state index is 10.8. The predicted octanol–water partition coefficient (Wildman–Crippen LogP) is 1.70. The zero-order valence-corrected chi connectivity index (χ0v) is 7.59. The number of esters is 1. The number of carbonyl (C=O) groups is 1. The first-order chi connectivity index (χ1) is 5.07. The lowest BCUT2D eigenvalue weighted by atomic mass is 10.5. The van der Waals surface area contributed by atoms with E-state index in [1.165, 1.54) is 6.61 Å². The highest BCUT2D eigenvalue weighted by atomic mass is 35.5. The summed E-state index contributed by atoms with van der Waals surface area (Å²) in [6.07, 6.45) is -0.561. The van der Waals surface area contributed by atoms with Crippen LogP contribution in [0.2, 0.25) is 0 Å². The van der Waals surface area contributed by atoms with Crippen LogP contribution in [-0.2, 0) is 14.3 Å². The van der Waals surface area contributed by atoms with E-state index in [2.05, 4.69) is 0 Å². The fraction of sp³-hybridized carbons (Fsp3) is 0.714. The highest BCUT2D eigenvalue weighted by molar-refractivity contribution is 6.29. The topological polar surface area (TPSA) is 35.5 Å². The summed E-state index contributed by atoms with van der Waals surface area (Å²) in [4.78, 5) is 10.8. The molecule has 2 atom stereocenters. The van der Waals surface area contributed by atoms with Gasteiger partial charge in [0, 0.05) is 0 Å². The number of carbonyl (C=O) groups excluding carboxylic acids is 1. The Morgan fingerprint density at radius 2 is 2.09 bits per heavy atom. The summed E-state index contributed by atoms with van der Waals surface area (Å²) in [6.45, 7) is 6.33. The van der Waals surface area contributed by atoms with Crippen LogP contribution in [0.25, 0.3) is 0 Å². The van der Waals surface area contributed by atoms with E-state index < -0.39 is 17.6 Å². The van der Waals surface area contributed by atoms with Crippen molar-refractivity contribution in [2.24, 2.45) is 0 Å². The van der Waals surface area contributed by atoms with Crippen molar-refractivity contribution in [2.45, 2.75) is 32.4 Å². The summed E-state index contributed by atoms with van der Waals surface area (Å²) in [6, 6.07) is 0. The maximum Gasteiger partial charge on any atom is 0.326 e. The molecule has 0 bridgehead atoms. The first-order valence-corrected chi connectivity index (χ1v) is 3.79. The van der Waals surface area contributed by atoms with Gasteiger partial charge in [-0.05, 0) is 20.8 Å². The second-order valence-electron chi connectivity index (χ2n) is 1.99. The monoisotopic (exact) mass is 179 g/mol. The smallest absolute Gasteiger partial charge is 0.326 e. The fourth-order valence-corrected chi connectivity index (χ4v) is 0.528. The third-order valence-corrected chi connectivity index (χ3v) is 1.11. The average Bonchev–Trinajstić information content (AvgIpc) is 1.87. The summed E-state index contributed by atoms with van der Waals surface area (Å²) >= 11 is 5.43. The van der Waals surface area contributed by atoms with Gasteiger partial charge in [-0.2, -0.15) is 0 Å². The molecular weight excluding hydrogens is 168 g/mol. The normalized spacial score (nSPS) is 15.6. The van der Waals surface area contributed by atoms with Crippen LogP contribution >= 0.6 is 11.6 Å². The number of alkyl halides is 1. The number of hydrogen-bond donors (Lipinski definition) is 0. The minimum atomic E-state index is -0.627. The Morgan fingerprint density at radius 3 is 2.45 bits per heavy atom. The second kappa shape index (κ2) is 5.38. The molecule has 0 aromatic rings. The van der Waals surface area contributed by atoms with Crippen LogP contribution in [0, 0.1) is 6.61 Å². The van der Waals surface area contributed by atoms with Gasteiger partial charge >= 0.3 is 5.97 Å². The number of ether oxygens (including phenoxy) is 2. The van der Waals surface area contributed by atoms with Crippen LogP contribution < -0.4 is 0 Å². The Morgan fingerprint density at radius 1 is 1.55 bits per heavy atom. The standard InChI is InChI=1S/C7H12ClO3/c1-4-10-6(3)11-7(9)5(2)8/h4-6H,1-3H3. The fourth-order valence-electron chi connectivity index (χ4n) is 0.477. The molecule has 0 heterocycles. The van der Waals surface area contributed by atoms with Gasteiger partial charge in [0.05, 0.1) is 6.61 Å². The van der Waals surface area contributed by atoms with Crippen molar-refractivity contribution in [3.05, 3.63) is 6.61 Å². The minimum Gasteiger partial charge on any atom is -0.435 e. The van der Waals surface area contributed by atoms with E-state index >= 15 is 0 Å². The van der Waals surface area contributed by atoms with E-state index in [9.17, 15) is 4.79 Å². The highest BCUT2D eigenvalue weighted by Crippen LogP contribution is 2.02. The van der Waals surface area contributed by atoms with Crippen LogP contribution in [0.5, 0.6) is 0 Å². The lowest BCUT2D eigenvalue weighted by Crippen LogP contribution is -2.22. The van der Waals surface area contributed by atoms with Crippen LogP contribution in [0.1, 0.15) is 20.8 Å². The maximum atomic E-state index is 10.8. The summed E-state index contributed by atoms with van der Waals surface area (Å²) < 4.78 is 9.56. The van der Waals surface area contributed by atoms with E-state index in [0.29, 0.717) is 0 Å². The first-order valence-electron chi connectivity index (χ1n) is 3.35. The molecule has 0 spiro atoms. The molecule has 0 amide bonds. The number of rotatable bonds is 4. The van der Waals surface area contributed by atoms with Crippen molar-refractivity contribution in [3.8, 4) is 0 Å². The molecule has 0 aliphatic heterocycles. The van der Waals surface area contributed by atoms with E-state index in [1.807, 2.05) is 0 Å². The molecule has 65 valence electrons. The molecule has 0 N–H and O–H groups in total. The molecular formula is C7H12ClO3. The summed E-state index contributed by atoms with van der Waals surface area (Å²) in [7, 11) is 0. The Hall–Kier alpha value is -0.280. The Labute approximate surface area is 71.6 Å². The Kier molecular flexibility index (Phi) is 5.24. The van der Waals surface area contributed by atoms with Crippen molar-refractivity contribution in [1.82, 2.24) is 0 Å². The zero-order chi connectivity index (χ0) is 8.85. The molecule has 0 aliphatic carbocycles. The summed E-state index contributed by atoms with van der Waals surface area (Å²) in [5.74, 6) is -0.471. The molecule has 0 saturated heterocycles. The van der Waals surface area contributed by atoms with Crippen LogP contribution in [-0.4, -0.2) is 17.6 Å². The van der Waals surface area contributed by atoms with Crippen LogP contribution in [0.4, 0.5) is 0 Å². The van der Waals surface area contributed by atoms with Crippen molar-refractivity contribution in [3.63, 3.8) is 0 Å². The van der Waals surface area contributed by atoms with E-state index in [-0.39, 0.29) is 0 Å². The molecule has 0 aliphatic rings. The van der Waals surface area contributed by atoms with Gasteiger partial charge in [-0.3, -0.25) is 4.79 Å². The van der Waals surface area contributed by atoms with Crippen molar-refractivity contribution < 1.29 is 14.3 Å². The molecule has 0 aromatic heterocycles. The minimum absolute atomic E-state index is 0.471. The van der Waals surface area contributed by atoms with Crippen LogP contribution in [0.15, 0.2) is 0 Å². The van der Waals surface area contributed by atoms with Gasteiger partial charge < -0.3 is 9.47 Å². The van der Waals surface area contributed by atoms with Gasteiger partial charge in [0.1, 0.15) is 5.38 Å². The lowest BCUT2D eigenvalue weighted by Gasteiger charge is -2.12. The summed E-state index contributed by atoms with van der Waals surface area (Å²) in [5.41, 5.74) is 0. The summed E-state index contributed by atoms with van der Waals surface area (Å²) in [5, 5.41) is -0.627. The van der Waals surface area contributed by atoms with E-state index in [1.54, 1.807) is 20.8 Å². The quantitative estimate of drug-likeness (QED) is 0.374. The average molecular weight is 180 g/mol. The molecule has 11 heavy (non-hydrogen) atoms. The molecule has 1 radical (unpaired) electrons. The zero-order valence-electron chi connectivity index (χ0n) is 6.83. The lowest BCUT2D eigenvalue weighted by molar-refractivity contribution is -0.167. The SMILES string of the molecule is C[CH]OC(C)OC(=O)C(C)Cl. The van der Waals surface area contributed by atoms with Crippen molar-refractivity contribution >= 4 is 17.6 Å². The molecule has 2 unspecified atom stereocenters. The van der Waals surface area contributed by atoms with E-state index in [0.717, 1.165) is 0 Å².